The predicted molar refractivity (Wildman–Crippen MR) is 83.8 cm³/mol. The number of ketones is 1. The van der Waals surface area contributed by atoms with Crippen LogP contribution in [0.5, 0.6) is 0 Å². The lowest BCUT2D eigenvalue weighted by Gasteiger charge is -2.32. The Labute approximate surface area is 125 Å². The van der Waals surface area contributed by atoms with Gasteiger partial charge in [0.15, 0.2) is 5.78 Å². The third kappa shape index (κ3) is 6.36. The van der Waals surface area contributed by atoms with Gasteiger partial charge in [0, 0.05) is 11.8 Å². The Morgan fingerprint density at radius 2 is 1.75 bits per heavy atom. The van der Waals surface area contributed by atoms with Crippen molar-refractivity contribution in [1.29, 1.82) is 0 Å². The third-order valence-electron chi connectivity index (χ3n) is 4.26. The van der Waals surface area contributed by atoms with Gasteiger partial charge in [0.25, 0.3) is 0 Å². The molecular formula is C17H34O3. The van der Waals surface area contributed by atoms with Crippen molar-refractivity contribution in [2.24, 2.45) is 11.8 Å². The molecular weight excluding hydrogens is 252 g/mol. The molecule has 0 rings (SSSR count). The fraction of sp³-hybridized carbons (Fsp3) is 0.941. The average molecular weight is 286 g/mol. The summed E-state index contributed by atoms with van der Waals surface area (Å²) in [7, 11) is 0. The van der Waals surface area contributed by atoms with Gasteiger partial charge < -0.3 is 9.84 Å². The Bertz CT molecular complexity index is 289. The summed E-state index contributed by atoms with van der Waals surface area (Å²) in [5.74, 6) is 0.268. The van der Waals surface area contributed by atoms with Crippen LogP contribution in [-0.2, 0) is 9.53 Å². The van der Waals surface area contributed by atoms with Crippen molar-refractivity contribution in [3.05, 3.63) is 0 Å². The lowest BCUT2D eigenvalue weighted by molar-refractivity contribution is -0.149. The molecule has 0 aromatic carbocycles. The Morgan fingerprint density at radius 1 is 1.20 bits per heavy atom. The molecule has 0 aromatic heterocycles. The van der Waals surface area contributed by atoms with Crippen LogP contribution < -0.4 is 0 Å². The first-order valence-corrected chi connectivity index (χ1v) is 7.96. The van der Waals surface area contributed by atoms with Crippen LogP contribution in [-0.4, -0.2) is 28.7 Å². The Morgan fingerprint density at radius 3 is 2.15 bits per heavy atom. The molecule has 0 radical (unpaired) electrons. The van der Waals surface area contributed by atoms with Crippen LogP contribution in [0.3, 0.4) is 0 Å². The molecule has 3 heteroatoms. The summed E-state index contributed by atoms with van der Waals surface area (Å²) >= 11 is 0. The number of hydrogen-bond acceptors (Lipinski definition) is 3. The van der Waals surface area contributed by atoms with Crippen molar-refractivity contribution in [1.82, 2.24) is 0 Å². The second kappa shape index (κ2) is 8.14. The Kier molecular flexibility index (Phi) is 7.97. The number of rotatable bonds is 10. The second-order valence-corrected chi connectivity index (χ2v) is 6.99. The fourth-order valence-electron chi connectivity index (χ4n) is 2.07. The molecule has 0 heterocycles. The SMILES string of the molecule is CCCCC(CC)C(=O)C(C)(C)OCC(C)C(C)(C)O. The zero-order chi connectivity index (χ0) is 16.0. The fourth-order valence-corrected chi connectivity index (χ4v) is 2.07. The predicted octanol–water partition coefficient (Wildman–Crippen LogP) is 3.97. The lowest BCUT2D eigenvalue weighted by atomic mass is 9.86. The molecule has 0 aliphatic rings. The molecule has 2 atom stereocenters. The van der Waals surface area contributed by atoms with Crippen LogP contribution >= 0.6 is 0 Å². The van der Waals surface area contributed by atoms with Crippen LogP contribution in [0, 0.1) is 11.8 Å². The van der Waals surface area contributed by atoms with E-state index in [1.807, 2.05) is 20.8 Å². The van der Waals surface area contributed by atoms with Gasteiger partial charge >= 0.3 is 0 Å². The van der Waals surface area contributed by atoms with Crippen molar-refractivity contribution < 1.29 is 14.6 Å². The smallest absolute Gasteiger partial charge is 0.167 e. The molecule has 0 spiro atoms. The van der Waals surface area contributed by atoms with E-state index in [0.29, 0.717) is 6.61 Å². The van der Waals surface area contributed by atoms with Crippen LogP contribution in [0.4, 0.5) is 0 Å². The molecule has 20 heavy (non-hydrogen) atoms. The summed E-state index contributed by atoms with van der Waals surface area (Å²) in [4.78, 5) is 12.6. The highest BCUT2D eigenvalue weighted by atomic mass is 16.5. The second-order valence-electron chi connectivity index (χ2n) is 6.99. The molecule has 0 saturated heterocycles. The largest absolute Gasteiger partial charge is 0.390 e. The standard InChI is InChI=1S/C17H34O3/c1-8-10-11-14(9-2)15(18)17(6,7)20-12-13(3)16(4,5)19/h13-14,19H,8-12H2,1-7H3. The number of carbonyl (C=O) groups excluding carboxylic acids is 1. The van der Waals surface area contributed by atoms with Crippen LogP contribution in [0.2, 0.25) is 0 Å². The number of Topliss-reactive ketones (excluding diaryl/α,β-unsaturated/α-hetero) is 1. The molecule has 3 nitrogen and oxygen atoms in total. The number of unbranched alkanes of at least 4 members (excludes halogenated alkanes) is 1. The summed E-state index contributed by atoms with van der Waals surface area (Å²) in [5.41, 5.74) is -1.56. The van der Waals surface area contributed by atoms with Crippen LogP contribution in [0.15, 0.2) is 0 Å². The Balaban J connectivity index is 4.57. The van der Waals surface area contributed by atoms with Gasteiger partial charge in [-0.05, 0) is 40.5 Å². The van der Waals surface area contributed by atoms with E-state index in [2.05, 4.69) is 13.8 Å². The lowest BCUT2D eigenvalue weighted by Crippen LogP contribution is -2.42. The normalized spacial score (nSPS) is 16.0. The quantitative estimate of drug-likeness (QED) is 0.661. The summed E-state index contributed by atoms with van der Waals surface area (Å²) in [6.45, 7) is 13.8. The number of aliphatic hydroxyl groups is 1. The van der Waals surface area contributed by atoms with Gasteiger partial charge in [0.2, 0.25) is 0 Å². The van der Waals surface area contributed by atoms with Gasteiger partial charge in [0.1, 0.15) is 5.60 Å². The minimum atomic E-state index is -0.786. The maximum absolute atomic E-state index is 12.6. The van der Waals surface area contributed by atoms with E-state index in [4.69, 9.17) is 4.74 Å². The summed E-state index contributed by atoms with van der Waals surface area (Å²) in [6, 6.07) is 0. The van der Waals surface area contributed by atoms with Crippen molar-refractivity contribution in [3.8, 4) is 0 Å². The Hall–Kier alpha value is -0.410. The highest BCUT2D eigenvalue weighted by Crippen LogP contribution is 2.25. The van der Waals surface area contributed by atoms with Crippen molar-refractivity contribution in [3.63, 3.8) is 0 Å². The van der Waals surface area contributed by atoms with E-state index in [9.17, 15) is 9.90 Å². The van der Waals surface area contributed by atoms with Crippen LogP contribution in [0.1, 0.15) is 74.1 Å². The van der Waals surface area contributed by atoms with E-state index in [0.717, 1.165) is 25.7 Å². The summed E-state index contributed by atoms with van der Waals surface area (Å²) < 4.78 is 5.83. The highest BCUT2D eigenvalue weighted by molar-refractivity contribution is 5.88. The zero-order valence-corrected chi connectivity index (χ0v) is 14.5. The molecule has 0 amide bonds. The van der Waals surface area contributed by atoms with Gasteiger partial charge in [-0.15, -0.1) is 0 Å². The molecule has 120 valence electrons. The maximum Gasteiger partial charge on any atom is 0.167 e. The van der Waals surface area contributed by atoms with Crippen molar-refractivity contribution in [2.75, 3.05) is 6.61 Å². The molecule has 2 unspecified atom stereocenters. The zero-order valence-electron chi connectivity index (χ0n) is 14.5. The summed E-state index contributed by atoms with van der Waals surface area (Å²) in [6.07, 6.45) is 4.01. The molecule has 0 fully saturated rings. The molecule has 0 bridgehead atoms. The minimum Gasteiger partial charge on any atom is -0.390 e. The van der Waals surface area contributed by atoms with Gasteiger partial charge in [-0.25, -0.2) is 0 Å². The van der Waals surface area contributed by atoms with Crippen molar-refractivity contribution in [2.45, 2.75) is 85.4 Å². The van der Waals surface area contributed by atoms with E-state index in [1.165, 1.54) is 0 Å². The molecule has 1 N–H and O–H groups in total. The van der Waals surface area contributed by atoms with Gasteiger partial charge in [-0.2, -0.15) is 0 Å². The molecule has 0 aliphatic carbocycles. The molecule has 0 saturated carbocycles. The first-order valence-electron chi connectivity index (χ1n) is 7.96. The average Bonchev–Trinajstić information content (AvgIpc) is 2.35. The van der Waals surface area contributed by atoms with E-state index < -0.39 is 11.2 Å². The minimum absolute atomic E-state index is 0.00899. The number of carbonyl (C=O) groups is 1. The van der Waals surface area contributed by atoms with Crippen molar-refractivity contribution >= 4 is 5.78 Å². The highest BCUT2D eigenvalue weighted by Gasteiger charge is 2.35. The first-order chi connectivity index (χ1) is 9.06. The summed E-state index contributed by atoms with van der Waals surface area (Å²) in [5, 5.41) is 9.93. The maximum atomic E-state index is 12.6. The molecule has 0 aromatic rings. The van der Waals surface area contributed by atoms with E-state index in [-0.39, 0.29) is 17.6 Å². The van der Waals surface area contributed by atoms with E-state index >= 15 is 0 Å². The number of hydrogen-bond donors (Lipinski definition) is 1. The van der Waals surface area contributed by atoms with E-state index in [1.54, 1.807) is 13.8 Å². The topological polar surface area (TPSA) is 46.5 Å². The van der Waals surface area contributed by atoms with Crippen LogP contribution in [0.25, 0.3) is 0 Å². The molecule has 0 aliphatic heterocycles. The first kappa shape index (κ1) is 19.6. The van der Waals surface area contributed by atoms with Gasteiger partial charge in [-0.3, -0.25) is 4.79 Å². The third-order valence-corrected chi connectivity index (χ3v) is 4.26. The monoisotopic (exact) mass is 286 g/mol. The van der Waals surface area contributed by atoms with Gasteiger partial charge in [-0.1, -0.05) is 33.6 Å². The van der Waals surface area contributed by atoms with Gasteiger partial charge in [0.05, 0.1) is 12.2 Å². The number of ether oxygens (including phenoxy) is 1.